The first-order valence-electron chi connectivity index (χ1n) is 8.37. The van der Waals surface area contributed by atoms with Crippen LogP contribution in [0, 0.1) is 0 Å². The fourth-order valence-electron chi connectivity index (χ4n) is 2.51. The summed E-state index contributed by atoms with van der Waals surface area (Å²) in [4.78, 5) is 12.4. The first-order valence-corrected chi connectivity index (χ1v) is 9.77. The Morgan fingerprint density at radius 1 is 1.08 bits per heavy atom. The Balaban J connectivity index is 2.03. The number of carbonyl (C=O) groups is 1. The summed E-state index contributed by atoms with van der Waals surface area (Å²) in [5.41, 5.74) is 1.12. The summed E-state index contributed by atoms with van der Waals surface area (Å²) in [5.74, 6) is 0.854. The molecule has 4 nitrogen and oxygen atoms in total. The second-order valence-corrected chi connectivity index (χ2v) is 7.31. The van der Waals surface area contributed by atoms with Crippen LogP contribution in [0.3, 0.4) is 0 Å². The van der Waals surface area contributed by atoms with Gasteiger partial charge in [0.2, 0.25) is 0 Å². The third-order valence-electron chi connectivity index (χ3n) is 4.02. The maximum Gasteiger partial charge on any atom is 0.315 e. The van der Waals surface area contributed by atoms with Crippen molar-refractivity contribution in [2.45, 2.75) is 25.0 Å². The lowest BCUT2D eigenvalue weighted by Crippen LogP contribution is -2.46. The SMILES string of the molecule is CSCCC(C)(O)CNC(=O)NC(c1ccccc1)c1ccccc1. The molecular formula is C20H26N2O2S. The van der Waals surface area contributed by atoms with E-state index in [-0.39, 0.29) is 18.6 Å². The van der Waals surface area contributed by atoms with Crippen molar-refractivity contribution in [3.63, 3.8) is 0 Å². The minimum absolute atomic E-state index is 0.218. The molecule has 2 amide bonds. The first kappa shape index (κ1) is 19.3. The fourth-order valence-corrected chi connectivity index (χ4v) is 3.16. The number of benzene rings is 2. The Hall–Kier alpha value is -1.98. The third-order valence-corrected chi connectivity index (χ3v) is 4.63. The highest BCUT2D eigenvalue weighted by atomic mass is 32.2. The normalized spacial score (nSPS) is 13.3. The molecule has 5 heteroatoms. The van der Waals surface area contributed by atoms with E-state index in [1.54, 1.807) is 18.7 Å². The molecule has 2 aromatic carbocycles. The molecule has 0 bridgehead atoms. The second-order valence-electron chi connectivity index (χ2n) is 6.32. The van der Waals surface area contributed by atoms with Crippen LogP contribution in [0.15, 0.2) is 60.7 Å². The Morgan fingerprint density at radius 3 is 2.08 bits per heavy atom. The maximum atomic E-state index is 12.4. The first-order chi connectivity index (χ1) is 12.0. The number of aliphatic hydroxyl groups is 1. The Labute approximate surface area is 154 Å². The molecule has 2 rings (SSSR count). The quantitative estimate of drug-likeness (QED) is 0.676. The van der Waals surface area contributed by atoms with Gasteiger partial charge in [-0.3, -0.25) is 0 Å². The highest BCUT2D eigenvalue weighted by Crippen LogP contribution is 2.21. The molecule has 0 heterocycles. The van der Waals surface area contributed by atoms with Crippen molar-refractivity contribution in [3.05, 3.63) is 71.8 Å². The molecule has 0 aromatic heterocycles. The van der Waals surface area contributed by atoms with Gasteiger partial charge in [-0.2, -0.15) is 11.8 Å². The largest absolute Gasteiger partial charge is 0.388 e. The van der Waals surface area contributed by atoms with Crippen molar-refractivity contribution in [1.82, 2.24) is 10.6 Å². The van der Waals surface area contributed by atoms with Gasteiger partial charge in [0.25, 0.3) is 0 Å². The van der Waals surface area contributed by atoms with Gasteiger partial charge in [0.1, 0.15) is 0 Å². The third kappa shape index (κ3) is 6.44. The molecule has 0 saturated heterocycles. The number of thioether (sulfide) groups is 1. The van der Waals surface area contributed by atoms with E-state index >= 15 is 0 Å². The number of rotatable bonds is 8. The lowest BCUT2D eigenvalue weighted by Gasteiger charge is -2.25. The van der Waals surface area contributed by atoms with Crippen molar-refractivity contribution >= 4 is 17.8 Å². The van der Waals surface area contributed by atoms with Crippen molar-refractivity contribution < 1.29 is 9.90 Å². The van der Waals surface area contributed by atoms with Gasteiger partial charge in [0.05, 0.1) is 11.6 Å². The summed E-state index contributed by atoms with van der Waals surface area (Å²) in [6, 6.07) is 19.2. The van der Waals surface area contributed by atoms with Gasteiger partial charge in [-0.15, -0.1) is 0 Å². The lowest BCUT2D eigenvalue weighted by molar-refractivity contribution is 0.0593. The summed E-state index contributed by atoms with van der Waals surface area (Å²) < 4.78 is 0. The topological polar surface area (TPSA) is 61.4 Å². The van der Waals surface area contributed by atoms with Crippen molar-refractivity contribution in [3.8, 4) is 0 Å². The molecule has 0 aliphatic carbocycles. The van der Waals surface area contributed by atoms with Gasteiger partial charge >= 0.3 is 6.03 Å². The summed E-state index contributed by atoms with van der Waals surface area (Å²) in [6.07, 6.45) is 2.63. The number of nitrogens with one attached hydrogen (secondary N) is 2. The monoisotopic (exact) mass is 358 g/mol. The zero-order valence-corrected chi connectivity index (χ0v) is 15.6. The number of urea groups is 1. The van der Waals surface area contributed by atoms with Crippen LogP contribution in [0.4, 0.5) is 4.79 Å². The molecule has 2 aromatic rings. The minimum Gasteiger partial charge on any atom is -0.388 e. The molecule has 0 fully saturated rings. The molecule has 134 valence electrons. The predicted octanol–water partition coefficient (Wildman–Crippen LogP) is 3.58. The Morgan fingerprint density at radius 2 is 1.60 bits per heavy atom. The molecule has 1 atom stereocenters. The van der Waals surface area contributed by atoms with E-state index in [0.717, 1.165) is 16.9 Å². The smallest absolute Gasteiger partial charge is 0.315 e. The van der Waals surface area contributed by atoms with E-state index < -0.39 is 5.60 Å². The van der Waals surface area contributed by atoms with Crippen molar-refractivity contribution in [2.24, 2.45) is 0 Å². The number of amides is 2. The lowest BCUT2D eigenvalue weighted by atomic mass is 9.99. The summed E-state index contributed by atoms with van der Waals surface area (Å²) in [5, 5.41) is 16.1. The predicted molar refractivity (Wildman–Crippen MR) is 105 cm³/mol. The van der Waals surface area contributed by atoms with E-state index in [9.17, 15) is 9.90 Å². The van der Waals surface area contributed by atoms with Crippen molar-refractivity contribution in [2.75, 3.05) is 18.6 Å². The van der Waals surface area contributed by atoms with Crippen LogP contribution in [-0.4, -0.2) is 35.3 Å². The highest BCUT2D eigenvalue weighted by Gasteiger charge is 2.22. The number of carbonyl (C=O) groups excluding carboxylic acids is 1. The molecule has 0 radical (unpaired) electrons. The van der Waals surface area contributed by atoms with E-state index in [1.807, 2.05) is 66.9 Å². The molecular weight excluding hydrogens is 332 g/mol. The molecule has 0 spiro atoms. The van der Waals surface area contributed by atoms with Crippen LogP contribution in [0.5, 0.6) is 0 Å². The zero-order valence-electron chi connectivity index (χ0n) is 14.7. The van der Waals surface area contributed by atoms with Gasteiger partial charge in [0, 0.05) is 6.54 Å². The van der Waals surface area contributed by atoms with E-state index in [2.05, 4.69) is 10.6 Å². The highest BCUT2D eigenvalue weighted by molar-refractivity contribution is 7.98. The minimum atomic E-state index is -0.907. The van der Waals surface area contributed by atoms with Crippen LogP contribution < -0.4 is 10.6 Å². The molecule has 0 saturated carbocycles. The number of hydrogen-bond donors (Lipinski definition) is 3. The molecule has 3 N–H and O–H groups in total. The molecule has 0 aliphatic rings. The van der Waals surface area contributed by atoms with Gasteiger partial charge in [-0.25, -0.2) is 4.79 Å². The Kier molecular flexibility index (Phi) is 7.34. The van der Waals surface area contributed by atoms with Crippen LogP contribution in [0.1, 0.15) is 30.5 Å². The van der Waals surface area contributed by atoms with Gasteiger partial charge in [-0.05, 0) is 36.5 Å². The average Bonchev–Trinajstić information content (AvgIpc) is 2.64. The van der Waals surface area contributed by atoms with E-state index in [4.69, 9.17) is 0 Å². The van der Waals surface area contributed by atoms with Gasteiger partial charge < -0.3 is 15.7 Å². The fraction of sp³-hybridized carbons (Fsp3) is 0.350. The maximum absolute atomic E-state index is 12.4. The summed E-state index contributed by atoms with van der Waals surface area (Å²) in [7, 11) is 0. The Bertz CT molecular complexity index is 608. The van der Waals surface area contributed by atoms with E-state index in [0.29, 0.717) is 6.42 Å². The van der Waals surface area contributed by atoms with Gasteiger partial charge in [-0.1, -0.05) is 60.7 Å². The van der Waals surface area contributed by atoms with Crippen LogP contribution >= 0.6 is 11.8 Å². The summed E-state index contributed by atoms with van der Waals surface area (Å²) >= 11 is 1.68. The van der Waals surface area contributed by atoms with Crippen LogP contribution in [0.25, 0.3) is 0 Å². The second kappa shape index (κ2) is 9.49. The van der Waals surface area contributed by atoms with Crippen LogP contribution in [0.2, 0.25) is 0 Å². The summed E-state index contributed by atoms with van der Waals surface area (Å²) in [6.45, 7) is 1.96. The molecule has 0 aliphatic heterocycles. The molecule has 1 unspecified atom stereocenters. The van der Waals surface area contributed by atoms with Gasteiger partial charge in [0.15, 0.2) is 0 Å². The average molecular weight is 359 g/mol. The standard InChI is InChI=1S/C20H26N2O2S/c1-20(24,13-14-25-2)15-21-19(23)22-18(16-9-5-3-6-10-16)17-11-7-4-8-12-17/h3-12,18,24H,13-15H2,1-2H3,(H2,21,22,23). The molecule has 25 heavy (non-hydrogen) atoms. The number of hydrogen-bond acceptors (Lipinski definition) is 3. The van der Waals surface area contributed by atoms with Crippen molar-refractivity contribution in [1.29, 1.82) is 0 Å². The van der Waals surface area contributed by atoms with E-state index in [1.165, 1.54) is 0 Å². The zero-order chi connectivity index (χ0) is 18.1. The van der Waals surface area contributed by atoms with Crippen LogP contribution in [-0.2, 0) is 0 Å².